The van der Waals surface area contributed by atoms with Crippen molar-refractivity contribution in [2.24, 2.45) is 0 Å². The van der Waals surface area contributed by atoms with E-state index < -0.39 is 0 Å². The lowest BCUT2D eigenvalue weighted by atomic mass is 9.46. The SMILES string of the molecule is c1ccc(B2c3ccccc3-c3ccncc3N2c2cccnc2)cc1. The van der Waals surface area contributed by atoms with E-state index in [1.54, 1.807) is 0 Å². The number of hydrogen-bond acceptors (Lipinski definition) is 3. The molecule has 122 valence electrons. The number of aromatic nitrogens is 2. The summed E-state index contributed by atoms with van der Waals surface area (Å²) in [6.45, 7) is 0.0771. The number of fused-ring (bicyclic) bond motifs is 3. The zero-order valence-corrected chi connectivity index (χ0v) is 14.2. The van der Waals surface area contributed by atoms with Gasteiger partial charge in [0.25, 0.3) is 0 Å². The maximum atomic E-state index is 4.41. The summed E-state index contributed by atoms with van der Waals surface area (Å²) in [5.41, 5.74) is 7.17. The lowest BCUT2D eigenvalue weighted by Crippen LogP contribution is -2.57. The van der Waals surface area contributed by atoms with Gasteiger partial charge in [0.15, 0.2) is 0 Å². The van der Waals surface area contributed by atoms with Crippen LogP contribution in [0.25, 0.3) is 11.1 Å². The van der Waals surface area contributed by atoms with Gasteiger partial charge in [0, 0.05) is 36.0 Å². The fourth-order valence-corrected chi connectivity index (χ4v) is 3.81. The molecule has 0 atom stereocenters. The average Bonchev–Trinajstić information content (AvgIpc) is 2.74. The van der Waals surface area contributed by atoms with Crippen LogP contribution in [0.15, 0.2) is 97.6 Å². The van der Waals surface area contributed by atoms with Crippen LogP contribution in [0.1, 0.15) is 0 Å². The maximum absolute atomic E-state index is 4.41. The first-order valence-corrected chi connectivity index (χ1v) is 8.71. The molecule has 0 aliphatic carbocycles. The summed E-state index contributed by atoms with van der Waals surface area (Å²) >= 11 is 0. The first-order valence-electron chi connectivity index (χ1n) is 8.71. The van der Waals surface area contributed by atoms with Gasteiger partial charge in [-0.15, -0.1) is 0 Å². The molecule has 26 heavy (non-hydrogen) atoms. The third-order valence-corrected chi connectivity index (χ3v) is 4.90. The maximum Gasteiger partial charge on any atom is 0.328 e. The standard InChI is InChI=1S/C22H16BN3/c1-2-7-17(8-3-1)23-21-11-5-4-10-19(21)20-12-14-25-16-22(20)26(23)18-9-6-13-24-15-18/h1-16H. The van der Waals surface area contributed by atoms with Crippen molar-refractivity contribution in [1.82, 2.24) is 9.97 Å². The largest absolute Gasteiger partial charge is 0.374 e. The van der Waals surface area contributed by atoms with Crippen LogP contribution in [-0.2, 0) is 0 Å². The molecule has 0 saturated heterocycles. The van der Waals surface area contributed by atoms with Gasteiger partial charge in [0.1, 0.15) is 0 Å². The highest BCUT2D eigenvalue weighted by atomic mass is 15.1. The molecule has 1 aliphatic heterocycles. The first kappa shape index (κ1) is 14.9. The molecule has 4 heteroatoms. The van der Waals surface area contributed by atoms with Gasteiger partial charge >= 0.3 is 6.85 Å². The van der Waals surface area contributed by atoms with Crippen molar-refractivity contribution in [3.05, 3.63) is 97.6 Å². The minimum Gasteiger partial charge on any atom is -0.374 e. The van der Waals surface area contributed by atoms with Crippen LogP contribution in [0.5, 0.6) is 0 Å². The monoisotopic (exact) mass is 333 g/mol. The Morgan fingerprint density at radius 1 is 0.654 bits per heavy atom. The Balaban J connectivity index is 1.83. The molecule has 0 N–H and O–H groups in total. The van der Waals surface area contributed by atoms with Crippen LogP contribution < -0.4 is 15.7 Å². The zero-order valence-electron chi connectivity index (χ0n) is 14.2. The number of nitrogens with zero attached hydrogens (tertiary/aromatic N) is 3. The van der Waals surface area contributed by atoms with Gasteiger partial charge in [-0.1, -0.05) is 60.1 Å². The Kier molecular flexibility index (Phi) is 3.53. The van der Waals surface area contributed by atoms with Gasteiger partial charge in [0.2, 0.25) is 0 Å². The van der Waals surface area contributed by atoms with Crippen molar-refractivity contribution in [2.45, 2.75) is 0 Å². The van der Waals surface area contributed by atoms with Gasteiger partial charge < -0.3 is 4.81 Å². The van der Waals surface area contributed by atoms with Gasteiger partial charge in [0.05, 0.1) is 5.69 Å². The van der Waals surface area contributed by atoms with Gasteiger partial charge in [-0.05, 0) is 29.2 Å². The number of anilines is 2. The number of rotatable bonds is 2. The molecule has 3 nitrogen and oxygen atoms in total. The molecule has 0 bridgehead atoms. The quantitative estimate of drug-likeness (QED) is 0.527. The molecule has 0 amide bonds. The molecule has 3 heterocycles. The Morgan fingerprint density at radius 2 is 1.46 bits per heavy atom. The zero-order chi connectivity index (χ0) is 17.3. The summed E-state index contributed by atoms with van der Waals surface area (Å²) < 4.78 is 0. The van der Waals surface area contributed by atoms with E-state index in [4.69, 9.17) is 0 Å². The summed E-state index contributed by atoms with van der Waals surface area (Å²) in [4.78, 5) is 11.1. The second-order valence-corrected chi connectivity index (χ2v) is 6.37. The minimum atomic E-state index is 0.0771. The summed E-state index contributed by atoms with van der Waals surface area (Å²) in [6, 6.07) is 25.4. The lowest BCUT2D eigenvalue weighted by molar-refractivity contribution is 1.24. The van der Waals surface area contributed by atoms with E-state index in [1.165, 1.54) is 22.1 Å². The van der Waals surface area contributed by atoms with E-state index in [0.29, 0.717) is 0 Å². The van der Waals surface area contributed by atoms with Crippen molar-refractivity contribution in [1.29, 1.82) is 0 Å². The second-order valence-electron chi connectivity index (χ2n) is 6.37. The van der Waals surface area contributed by atoms with Crippen molar-refractivity contribution in [3.63, 3.8) is 0 Å². The fourth-order valence-electron chi connectivity index (χ4n) is 3.81. The Morgan fingerprint density at radius 3 is 2.31 bits per heavy atom. The molecular formula is C22H16BN3. The van der Waals surface area contributed by atoms with E-state index >= 15 is 0 Å². The number of pyridine rings is 2. The van der Waals surface area contributed by atoms with Crippen LogP contribution in [0.3, 0.4) is 0 Å². The predicted molar refractivity (Wildman–Crippen MR) is 108 cm³/mol. The van der Waals surface area contributed by atoms with Crippen molar-refractivity contribution in [3.8, 4) is 11.1 Å². The molecule has 2 aromatic carbocycles. The topological polar surface area (TPSA) is 29.0 Å². The third kappa shape index (κ3) is 2.31. The smallest absolute Gasteiger partial charge is 0.328 e. The van der Waals surface area contributed by atoms with E-state index in [0.717, 1.165) is 11.4 Å². The normalized spacial score (nSPS) is 12.5. The van der Waals surface area contributed by atoms with Crippen LogP contribution in [-0.4, -0.2) is 16.8 Å². The Hall–Kier alpha value is -3.40. The molecule has 2 aromatic heterocycles. The van der Waals surface area contributed by atoms with E-state index in [-0.39, 0.29) is 6.85 Å². The average molecular weight is 333 g/mol. The molecule has 4 aromatic rings. The number of benzene rings is 2. The van der Waals surface area contributed by atoms with E-state index in [9.17, 15) is 0 Å². The molecular weight excluding hydrogens is 317 g/mol. The molecule has 0 spiro atoms. The third-order valence-electron chi connectivity index (χ3n) is 4.90. The van der Waals surface area contributed by atoms with E-state index in [2.05, 4.69) is 81.5 Å². The highest BCUT2D eigenvalue weighted by Crippen LogP contribution is 2.38. The van der Waals surface area contributed by atoms with Gasteiger partial charge in [-0.3, -0.25) is 9.97 Å². The lowest BCUT2D eigenvalue weighted by Gasteiger charge is -2.38. The fraction of sp³-hybridized carbons (Fsp3) is 0. The highest BCUT2D eigenvalue weighted by molar-refractivity contribution is 6.90. The first-order chi connectivity index (χ1) is 12.9. The van der Waals surface area contributed by atoms with Crippen molar-refractivity contribution >= 4 is 29.1 Å². The molecule has 0 radical (unpaired) electrons. The molecule has 0 fully saturated rings. The summed E-state index contributed by atoms with van der Waals surface area (Å²) in [7, 11) is 0. The second kappa shape index (κ2) is 6.15. The summed E-state index contributed by atoms with van der Waals surface area (Å²) in [5, 5.41) is 0. The van der Waals surface area contributed by atoms with E-state index in [1.807, 2.05) is 30.9 Å². The van der Waals surface area contributed by atoms with Crippen LogP contribution in [0.2, 0.25) is 0 Å². The predicted octanol–water partition coefficient (Wildman–Crippen LogP) is 3.40. The van der Waals surface area contributed by atoms with Crippen LogP contribution >= 0.6 is 0 Å². The highest BCUT2D eigenvalue weighted by Gasteiger charge is 2.36. The Labute approximate surface area is 153 Å². The van der Waals surface area contributed by atoms with Crippen molar-refractivity contribution in [2.75, 3.05) is 4.81 Å². The van der Waals surface area contributed by atoms with Crippen LogP contribution in [0.4, 0.5) is 11.4 Å². The molecule has 0 unspecified atom stereocenters. The molecule has 5 rings (SSSR count). The summed E-state index contributed by atoms with van der Waals surface area (Å²) in [5.74, 6) is 0. The Bertz CT molecular complexity index is 964. The molecule has 1 aliphatic rings. The summed E-state index contributed by atoms with van der Waals surface area (Å²) in [6.07, 6.45) is 7.54. The number of hydrogen-bond donors (Lipinski definition) is 0. The van der Waals surface area contributed by atoms with Gasteiger partial charge in [-0.2, -0.15) is 0 Å². The van der Waals surface area contributed by atoms with Crippen LogP contribution in [0, 0.1) is 0 Å². The molecule has 0 saturated carbocycles. The van der Waals surface area contributed by atoms with Crippen molar-refractivity contribution < 1.29 is 0 Å². The van der Waals surface area contributed by atoms with Gasteiger partial charge in [-0.25, -0.2) is 0 Å². The minimum absolute atomic E-state index is 0.0771.